The zero-order valence-corrected chi connectivity index (χ0v) is 10.5. The van der Waals surface area contributed by atoms with Crippen LogP contribution in [0, 0.1) is 0 Å². The quantitative estimate of drug-likeness (QED) is 0.756. The van der Waals surface area contributed by atoms with Crippen LogP contribution >= 0.6 is 0 Å². The van der Waals surface area contributed by atoms with E-state index in [-0.39, 0.29) is 24.6 Å². The van der Waals surface area contributed by atoms with Gasteiger partial charge in [0.05, 0.1) is 17.6 Å². The van der Waals surface area contributed by atoms with Gasteiger partial charge >= 0.3 is 0 Å². The molecule has 1 aromatic rings. The first-order valence-corrected chi connectivity index (χ1v) is 6.76. The molecule has 6 heteroatoms. The molecule has 0 amide bonds. The molecule has 0 fully saturated rings. The van der Waals surface area contributed by atoms with Gasteiger partial charge in [0.2, 0.25) is 10.0 Å². The first-order chi connectivity index (χ1) is 7.98. The third-order valence-electron chi connectivity index (χ3n) is 2.20. The summed E-state index contributed by atoms with van der Waals surface area (Å²) >= 11 is 0. The van der Waals surface area contributed by atoms with Gasteiger partial charge in [-0.15, -0.1) is 0 Å². The zero-order chi connectivity index (χ0) is 12.9. The van der Waals surface area contributed by atoms with E-state index in [1.807, 2.05) is 0 Å². The lowest BCUT2D eigenvalue weighted by molar-refractivity contribution is 0.152. The Bertz CT molecular complexity index is 430. The van der Waals surface area contributed by atoms with Gasteiger partial charge in [-0.2, -0.15) is 4.31 Å². The molecule has 0 saturated carbocycles. The van der Waals surface area contributed by atoms with Crippen molar-refractivity contribution in [3.63, 3.8) is 0 Å². The van der Waals surface area contributed by atoms with Crippen molar-refractivity contribution in [2.75, 3.05) is 19.7 Å². The van der Waals surface area contributed by atoms with E-state index in [1.165, 1.54) is 19.1 Å². The van der Waals surface area contributed by atoms with Gasteiger partial charge in [0.1, 0.15) is 0 Å². The Morgan fingerprint density at radius 2 is 1.88 bits per heavy atom. The second kappa shape index (κ2) is 6.11. The molecule has 0 heterocycles. The molecule has 1 atom stereocenters. The highest BCUT2D eigenvalue weighted by molar-refractivity contribution is 7.89. The number of rotatable bonds is 6. The van der Waals surface area contributed by atoms with Gasteiger partial charge in [-0.3, -0.25) is 0 Å². The molecule has 0 spiro atoms. The van der Waals surface area contributed by atoms with Gasteiger partial charge < -0.3 is 10.2 Å². The number of nitrogens with zero attached hydrogens (tertiary/aromatic N) is 1. The fraction of sp³-hybridized carbons (Fsp3) is 0.455. The van der Waals surface area contributed by atoms with Crippen LogP contribution in [0.5, 0.6) is 0 Å². The summed E-state index contributed by atoms with van der Waals surface area (Å²) in [6.45, 7) is 1.17. The van der Waals surface area contributed by atoms with Crippen molar-refractivity contribution in [2.45, 2.75) is 17.9 Å². The van der Waals surface area contributed by atoms with E-state index in [0.29, 0.717) is 0 Å². The lowest BCUT2D eigenvalue weighted by Gasteiger charge is -2.22. The second-order valence-electron chi connectivity index (χ2n) is 3.75. The molecule has 0 bridgehead atoms. The monoisotopic (exact) mass is 259 g/mol. The summed E-state index contributed by atoms with van der Waals surface area (Å²) in [6.07, 6.45) is -0.778. The van der Waals surface area contributed by atoms with Crippen molar-refractivity contribution < 1.29 is 18.6 Å². The van der Waals surface area contributed by atoms with Crippen molar-refractivity contribution in [1.82, 2.24) is 4.31 Å². The van der Waals surface area contributed by atoms with Crippen molar-refractivity contribution in [3.8, 4) is 0 Å². The van der Waals surface area contributed by atoms with Crippen LogP contribution in [-0.2, 0) is 10.0 Å². The molecule has 1 aromatic carbocycles. The number of sulfonamides is 1. The maximum atomic E-state index is 12.2. The normalized spacial score (nSPS) is 13.9. The molecule has 1 unspecified atom stereocenters. The third kappa shape index (κ3) is 3.78. The molecule has 0 aliphatic carbocycles. The first kappa shape index (κ1) is 14.1. The molecular formula is C11H17NO4S. The van der Waals surface area contributed by atoms with Crippen LogP contribution in [0.15, 0.2) is 35.2 Å². The molecule has 2 N–H and O–H groups in total. The van der Waals surface area contributed by atoms with Crippen molar-refractivity contribution in [1.29, 1.82) is 0 Å². The smallest absolute Gasteiger partial charge is 0.243 e. The minimum atomic E-state index is -3.64. The van der Waals surface area contributed by atoms with Crippen molar-refractivity contribution in [2.24, 2.45) is 0 Å². The zero-order valence-electron chi connectivity index (χ0n) is 9.65. The third-order valence-corrected chi connectivity index (χ3v) is 4.08. The molecule has 0 aromatic heterocycles. The van der Waals surface area contributed by atoms with E-state index in [1.54, 1.807) is 18.2 Å². The van der Waals surface area contributed by atoms with E-state index in [2.05, 4.69) is 0 Å². The largest absolute Gasteiger partial charge is 0.395 e. The maximum Gasteiger partial charge on any atom is 0.243 e. The topological polar surface area (TPSA) is 77.8 Å². The highest BCUT2D eigenvalue weighted by Crippen LogP contribution is 2.15. The summed E-state index contributed by atoms with van der Waals surface area (Å²) in [5.74, 6) is 0. The second-order valence-corrected chi connectivity index (χ2v) is 5.69. The van der Waals surface area contributed by atoms with Crippen LogP contribution in [0.25, 0.3) is 0 Å². The molecule has 17 heavy (non-hydrogen) atoms. The van der Waals surface area contributed by atoms with Crippen LogP contribution in [0.1, 0.15) is 6.92 Å². The molecule has 0 saturated heterocycles. The van der Waals surface area contributed by atoms with Crippen molar-refractivity contribution in [3.05, 3.63) is 30.3 Å². The number of benzene rings is 1. The predicted molar refractivity (Wildman–Crippen MR) is 64.0 cm³/mol. The van der Waals surface area contributed by atoms with Crippen LogP contribution in [0.4, 0.5) is 0 Å². The lowest BCUT2D eigenvalue weighted by Crippen LogP contribution is -2.38. The predicted octanol–water partition coefficient (Wildman–Crippen LogP) is 0.0504. The molecule has 5 nitrogen and oxygen atoms in total. The van der Waals surface area contributed by atoms with Gasteiger partial charge in [0.25, 0.3) is 0 Å². The van der Waals surface area contributed by atoms with Gasteiger partial charge in [-0.25, -0.2) is 8.42 Å². The van der Waals surface area contributed by atoms with Gasteiger partial charge in [-0.1, -0.05) is 18.2 Å². The number of hydrogen-bond donors (Lipinski definition) is 2. The summed E-state index contributed by atoms with van der Waals surface area (Å²) in [6, 6.07) is 7.96. The Morgan fingerprint density at radius 3 is 2.35 bits per heavy atom. The fourth-order valence-corrected chi connectivity index (χ4v) is 2.99. The average Bonchev–Trinajstić information content (AvgIpc) is 2.29. The average molecular weight is 259 g/mol. The molecule has 0 aliphatic rings. The molecular weight excluding hydrogens is 242 g/mol. The Kier molecular flexibility index (Phi) is 5.07. The van der Waals surface area contributed by atoms with E-state index >= 15 is 0 Å². The van der Waals surface area contributed by atoms with Gasteiger partial charge in [0, 0.05) is 13.1 Å². The van der Waals surface area contributed by atoms with Crippen LogP contribution in [0.2, 0.25) is 0 Å². The lowest BCUT2D eigenvalue weighted by atomic mass is 10.4. The fourth-order valence-electron chi connectivity index (χ4n) is 1.46. The van der Waals surface area contributed by atoms with Crippen LogP contribution < -0.4 is 0 Å². The molecule has 96 valence electrons. The molecule has 1 rings (SSSR count). The van der Waals surface area contributed by atoms with Gasteiger partial charge in [-0.05, 0) is 19.1 Å². The number of aliphatic hydroxyl groups excluding tert-OH is 2. The SMILES string of the molecule is CC(O)CN(CCO)S(=O)(=O)c1ccccc1. The Balaban J connectivity index is 3.00. The number of hydrogen-bond acceptors (Lipinski definition) is 4. The number of aliphatic hydroxyl groups is 2. The minimum absolute atomic E-state index is 0.0257. The summed E-state index contributed by atoms with van der Waals surface area (Å²) in [5.41, 5.74) is 0. The summed E-state index contributed by atoms with van der Waals surface area (Å²) in [4.78, 5) is 0.161. The highest BCUT2D eigenvalue weighted by atomic mass is 32.2. The maximum absolute atomic E-state index is 12.2. The van der Waals surface area contributed by atoms with E-state index in [9.17, 15) is 13.5 Å². The summed E-state index contributed by atoms with van der Waals surface area (Å²) in [5, 5.41) is 18.1. The first-order valence-electron chi connectivity index (χ1n) is 5.32. The van der Waals surface area contributed by atoms with E-state index < -0.39 is 16.1 Å². The van der Waals surface area contributed by atoms with Gasteiger partial charge in [0.15, 0.2) is 0 Å². The van der Waals surface area contributed by atoms with Crippen molar-refractivity contribution >= 4 is 10.0 Å². The van der Waals surface area contributed by atoms with Crippen LogP contribution in [-0.4, -0.2) is 48.7 Å². The van der Waals surface area contributed by atoms with E-state index in [4.69, 9.17) is 5.11 Å². The molecule has 0 aliphatic heterocycles. The Hall–Kier alpha value is -0.950. The summed E-state index contributed by atoms with van der Waals surface area (Å²) in [7, 11) is -3.64. The summed E-state index contributed by atoms with van der Waals surface area (Å²) < 4.78 is 25.4. The molecule has 0 radical (unpaired) electrons. The highest BCUT2D eigenvalue weighted by Gasteiger charge is 2.24. The standard InChI is InChI=1S/C11H17NO4S/c1-10(14)9-12(7-8-13)17(15,16)11-5-3-2-4-6-11/h2-6,10,13-14H,7-9H2,1H3. The minimum Gasteiger partial charge on any atom is -0.395 e. The Labute approximate surface area is 101 Å². The Morgan fingerprint density at radius 1 is 1.29 bits per heavy atom. The van der Waals surface area contributed by atoms with E-state index in [0.717, 1.165) is 4.31 Å². The van der Waals surface area contributed by atoms with Crippen LogP contribution in [0.3, 0.4) is 0 Å².